The van der Waals surface area contributed by atoms with E-state index in [9.17, 15) is 14.0 Å². The van der Waals surface area contributed by atoms with Crippen molar-refractivity contribution >= 4 is 11.9 Å². The first kappa shape index (κ1) is 14.5. The highest BCUT2D eigenvalue weighted by atomic mass is 19.1. The van der Waals surface area contributed by atoms with Crippen LogP contribution in [0.2, 0.25) is 0 Å². The number of carbonyl (C=O) groups is 2. The molecule has 0 radical (unpaired) electrons. The van der Waals surface area contributed by atoms with Crippen LogP contribution in [-0.4, -0.2) is 29.2 Å². The van der Waals surface area contributed by atoms with E-state index in [0.717, 1.165) is 5.56 Å². The number of hydrogen-bond donors (Lipinski definition) is 2. The minimum absolute atomic E-state index is 0.296. The zero-order valence-electron chi connectivity index (χ0n) is 11.0. The average molecular weight is 281 g/mol. The van der Waals surface area contributed by atoms with Crippen LogP contribution in [0.25, 0.3) is 0 Å². The molecule has 1 aromatic rings. The number of rotatable bonds is 4. The zero-order valence-corrected chi connectivity index (χ0v) is 11.0. The molecule has 1 fully saturated rings. The van der Waals surface area contributed by atoms with Crippen LogP contribution in [0.1, 0.15) is 31.4 Å². The third kappa shape index (κ3) is 3.33. The van der Waals surface area contributed by atoms with Crippen LogP contribution in [0.5, 0.6) is 0 Å². The molecule has 0 aliphatic carbocycles. The highest BCUT2D eigenvalue weighted by Gasteiger charge is 2.35. The highest BCUT2D eigenvalue weighted by molar-refractivity contribution is 5.82. The summed E-state index contributed by atoms with van der Waals surface area (Å²) in [6.45, 7) is 1.77. The van der Waals surface area contributed by atoms with E-state index in [1.165, 1.54) is 12.1 Å². The summed E-state index contributed by atoms with van der Waals surface area (Å²) in [5.74, 6) is -1.73. The number of hydrogen-bond acceptors (Lipinski definition) is 3. The van der Waals surface area contributed by atoms with E-state index in [4.69, 9.17) is 9.84 Å². The maximum atomic E-state index is 12.8. The summed E-state index contributed by atoms with van der Waals surface area (Å²) in [6.07, 6.45) is -0.928. The number of amides is 1. The molecule has 1 aromatic carbocycles. The van der Waals surface area contributed by atoms with Crippen LogP contribution < -0.4 is 5.32 Å². The van der Waals surface area contributed by atoms with E-state index in [-0.39, 0.29) is 17.8 Å². The van der Waals surface area contributed by atoms with Crippen molar-refractivity contribution in [3.8, 4) is 0 Å². The van der Waals surface area contributed by atoms with Gasteiger partial charge in [0.1, 0.15) is 11.9 Å². The second-order valence-electron chi connectivity index (χ2n) is 4.81. The first-order valence-electron chi connectivity index (χ1n) is 6.41. The highest BCUT2D eigenvalue weighted by Crippen LogP contribution is 2.21. The van der Waals surface area contributed by atoms with Crippen LogP contribution in [0, 0.1) is 5.82 Å². The van der Waals surface area contributed by atoms with Crippen LogP contribution >= 0.6 is 0 Å². The predicted molar refractivity (Wildman–Crippen MR) is 68.5 cm³/mol. The second kappa shape index (κ2) is 6.00. The second-order valence-corrected chi connectivity index (χ2v) is 4.81. The lowest BCUT2D eigenvalue weighted by molar-refractivity contribution is -0.151. The molecule has 1 aliphatic heterocycles. The standard InChI is InChI=1S/C14H16FNO4/c1-8(9-2-4-10(15)5-3-9)16-13(17)11-6-7-12(20-11)14(18)19/h2-5,8,11-12H,6-7H2,1H3,(H,16,17)(H,18,19)/t8?,11-,12+/m0/s1. The van der Waals surface area contributed by atoms with Crippen molar-refractivity contribution in [1.82, 2.24) is 5.32 Å². The van der Waals surface area contributed by atoms with Crippen LogP contribution in [0.3, 0.4) is 0 Å². The van der Waals surface area contributed by atoms with Gasteiger partial charge in [0, 0.05) is 0 Å². The Morgan fingerprint density at radius 1 is 1.30 bits per heavy atom. The molecule has 1 heterocycles. The van der Waals surface area contributed by atoms with Gasteiger partial charge in [-0.3, -0.25) is 4.79 Å². The van der Waals surface area contributed by atoms with Crippen LogP contribution in [0.4, 0.5) is 4.39 Å². The van der Waals surface area contributed by atoms with Crippen LogP contribution in [-0.2, 0) is 14.3 Å². The van der Waals surface area contributed by atoms with E-state index < -0.39 is 18.2 Å². The van der Waals surface area contributed by atoms with Gasteiger partial charge >= 0.3 is 5.97 Å². The Kier molecular flexibility index (Phi) is 4.34. The van der Waals surface area contributed by atoms with Gasteiger partial charge in [0.05, 0.1) is 6.04 Å². The van der Waals surface area contributed by atoms with Gasteiger partial charge in [-0.25, -0.2) is 9.18 Å². The van der Waals surface area contributed by atoms with Crippen molar-refractivity contribution in [3.05, 3.63) is 35.6 Å². The Hall–Kier alpha value is -1.95. The lowest BCUT2D eigenvalue weighted by Gasteiger charge is -2.17. The van der Waals surface area contributed by atoms with Crippen LogP contribution in [0.15, 0.2) is 24.3 Å². The topological polar surface area (TPSA) is 75.6 Å². The molecule has 0 saturated carbocycles. The quantitative estimate of drug-likeness (QED) is 0.879. The molecule has 0 spiro atoms. The lowest BCUT2D eigenvalue weighted by Crippen LogP contribution is -2.37. The van der Waals surface area contributed by atoms with E-state index >= 15 is 0 Å². The first-order valence-corrected chi connectivity index (χ1v) is 6.41. The van der Waals surface area contributed by atoms with Crippen molar-refractivity contribution in [2.75, 3.05) is 0 Å². The molecule has 20 heavy (non-hydrogen) atoms. The molecule has 0 aromatic heterocycles. The maximum Gasteiger partial charge on any atom is 0.332 e. The van der Waals surface area contributed by atoms with E-state index in [2.05, 4.69) is 5.32 Å². The maximum absolute atomic E-state index is 12.8. The van der Waals surface area contributed by atoms with E-state index in [0.29, 0.717) is 12.8 Å². The Bertz CT molecular complexity index is 502. The largest absolute Gasteiger partial charge is 0.479 e. The molecular weight excluding hydrogens is 265 g/mol. The molecule has 2 rings (SSSR count). The van der Waals surface area contributed by atoms with Gasteiger partial charge in [-0.05, 0) is 37.5 Å². The molecule has 5 nitrogen and oxygen atoms in total. The van der Waals surface area contributed by atoms with Crippen molar-refractivity contribution in [3.63, 3.8) is 0 Å². The summed E-state index contributed by atoms with van der Waals surface area (Å²) in [4.78, 5) is 22.7. The Balaban J connectivity index is 1.91. The fourth-order valence-electron chi connectivity index (χ4n) is 2.15. The zero-order chi connectivity index (χ0) is 14.7. The average Bonchev–Trinajstić information content (AvgIpc) is 2.89. The predicted octanol–water partition coefficient (Wildman–Crippen LogP) is 1.64. The molecule has 108 valence electrons. The van der Waals surface area contributed by atoms with Gasteiger partial charge in [-0.15, -0.1) is 0 Å². The number of halogens is 1. The number of ether oxygens (including phenoxy) is 1. The number of aliphatic carboxylic acids is 1. The Morgan fingerprint density at radius 2 is 1.90 bits per heavy atom. The number of nitrogens with one attached hydrogen (secondary N) is 1. The molecule has 0 bridgehead atoms. The van der Waals surface area contributed by atoms with E-state index in [1.807, 2.05) is 0 Å². The number of benzene rings is 1. The summed E-state index contributed by atoms with van der Waals surface area (Å²) in [7, 11) is 0. The van der Waals surface area contributed by atoms with Gasteiger partial charge < -0.3 is 15.2 Å². The number of carboxylic acids is 1. The van der Waals surface area contributed by atoms with E-state index in [1.54, 1.807) is 19.1 Å². The molecule has 1 aliphatic rings. The molecular formula is C14H16FNO4. The molecule has 2 N–H and O–H groups in total. The van der Waals surface area contributed by atoms with Gasteiger partial charge in [-0.1, -0.05) is 12.1 Å². The molecule has 1 unspecified atom stereocenters. The summed E-state index contributed by atoms with van der Waals surface area (Å²) in [5, 5.41) is 11.5. The van der Waals surface area contributed by atoms with Gasteiger partial charge in [0.2, 0.25) is 5.91 Å². The fraction of sp³-hybridized carbons (Fsp3) is 0.429. The number of carbonyl (C=O) groups excluding carboxylic acids is 1. The summed E-state index contributed by atoms with van der Waals surface area (Å²) >= 11 is 0. The van der Waals surface area contributed by atoms with Crippen molar-refractivity contribution in [2.24, 2.45) is 0 Å². The Labute approximate surface area is 115 Å². The number of carboxylic acid groups (broad SMARTS) is 1. The molecule has 6 heteroatoms. The molecule has 3 atom stereocenters. The fourth-order valence-corrected chi connectivity index (χ4v) is 2.15. The molecule has 1 saturated heterocycles. The van der Waals surface area contributed by atoms with Crippen molar-refractivity contribution in [1.29, 1.82) is 0 Å². The summed E-state index contributed by atoms with van der Waals surface area (Å²) < 4.78 is 18.0. The normalized spacial score (nSPS) is 23.3. The third-order valence-corrected chi connectivity index (χ3v) is 3.32. The van der Waals surface area contributed by atoms with Gasteiger partial charge in [-0.2, -0.15) is 0 Å². The third-order valence-electron chi connectivity index (χ3n) is 3.32. The monoisotopic (exact) mass is 281 g/mol. The SMILES string of the molecule is CC(NC(=O)[C@@H]1CC[C@H](C(=O)O)O1)c1ccc(F)cc1. The van der Waals surface area contributed by atoms with Gasteiger partial charge in [0.25, 0.3) is 0 Å². The summed E-state index contributed by atoms with van der Waals surface area (Å²) in [5.41, 5.74) is 0.771. The first-order chi connectivity index (χ1) is 9.47. The lowest BCUT2D eigenvalue weighted by atomic mass is 10.1. The Morgan fingerprint density at radius 3 is 2.45 bits per heavy atom. The minimum Gasteiger partial charge on any atom is -0.479 e. The summed E-state index contributed by atoms with van der Waals surface area (Å²) in [6, 6.07) is 5.54. The van der Waals surface area contributed by atoms with Gasteiger partial charge in [0.15, 0.2) is 6.10 Å². The molecule has 1 amide bonds. The minimum atomic E-state index is -1.05. The smallest absolute Gasteiger partial charge is 0.332 e. The van der Waals surface area contributed by atoms with Crippen molar-refractivity contribution in [2.45, 2.75) is 38.0 Å². The van der Waals surface area contributed by atoms with Crippen molar-refractivity contribution < 1.29 is 23.8 Å².